The summed E-state index contributed by atoms with van der Waals surface area (Å²) in [5, 5.41) is 3.34. The van der Waals surface area contributed by atoms with Crippen LogP contribution in [0.15, 0.2) is 24.3 Å². The molecule has 6 heteroatoms. The van der Waals surface area contributed by atoms with Gasteiger partial charge >= 0.3 is 0 Å². The van der Waals surface area contributed by atoms with E-state index in [1.807, 2.05) is 25.1 Å². The Balaban J connectivity index is 2.09. The first-order valence-electron chi connectivity index (χ1n) is 7.40. The number of ether oxygens (including phenoxy) is 1. The molecule has 0 saturated carbocycles. The Morgan fingerprint density at radius 1 is 1.29 bits per heavy atom. The lowest BCUT2D eigenvalue weighted by atomic mass is 10.2. The Morgan fingerprint density at radius 2 is 1.95 bits per heavy atom. The molecule has 1 aliphatic rings. The SMILES string of the molecule is CCS(=O)(=O)CC(C)Nc1ccccc1N1CCOCC1. The topological polar surface area (TPSA) is 58.6 Å². The van der Waals surface area contributed by atoms with E-state index in [0.717, 1.165) is 37.7 Å². The lowest BCUT2D eigenvalue weighted by molar-refractivity contribution is 0.123. The molecule has 1 aromatic rings. The van der Waals surface area contributed by atoms with Gasteiger partial charge in [-0.3, -0.25) is 0 Å². The summed E-state index contributed by atoms with van der Waals surface area (Å²) < 4.78 is 28.8. The van der Waals surface area contributed by atoms with Gasteiger partial charge in [0.1, 0.15) is 0 Å². The third kappa shape index (κ3) is 4.61. The van der Waals surface area contributed by atoms with Gasteiger partial charge < -0.3 is 15.0 Å². The summed E-state index contributed by atoms with van der Waals surface area (Å²) in [5.74, 6) is 0.338. The maximum absolute atomic E-state index is 11.7. The molecule has 0 spiro atoms. The summed E-state index contributed by atoms with van der Waals surface area (Å²) in [7, 11) is -2.97. The van der Waals surface area contributed by atoms with Crippen molar-refractivity contribution in [1.82, 2.24) is 0 Å². The number of morpholine rings is 1. The summed E-state index contributed by atoms with van der Waals surface area (Å²) >= 11 is 0. The Kier molecular flexibility index (Phi) is 5.47. The molecule has 1 aromatic carbocycles. The molecule has 2 rings (SSSR count). The second kappa shape index (κ2) is 7.13. The van der Waals surface area contributed by atoms with E-state index < -0.39 is 9.84 Å². The van der Waals surface area contributed by atoms with Crippen LogP contribution in [-0.2, 0) is 14.6 Å². The van der Waals surface area contributed by atoms with Gasteiger partial charge in [-0.05, 0) is 19.1 Å². The summed E-state index contributed by atoms with van der Waals surface area (Å²) in [5.41, 5.74) is 2.10. The standard InChI is InChI=1S/C15H24N2O3S/c1-3-21(18,19)12-13(2)16-14-6-4-5-7-15(14)17-8-10-20-11-9-17/h4-7,13,16H,3,8-12H2,1-2H3. The highest BCUT2D eigenvalue weighted by molar-refractivity contribution is 7.91. The molecule has 1 aliphatic heterocycles. The van der Waals surface area contributed by atoms with Gasteiger partial charge in [0, 0.05) is 24.9 Å². The van der Waals surface area contributed by atoms with Crippen LogP contribution in [0, 0.1) is 0 Å². The molecule has 1 saturated heterocycles. The molecule has 5 nitrogen and oxygen atoms in total. The molecule has 1 N–H and O–H groups in total. The zero-order valence-corrected chi connectivity index (χ0v) is 13.5. The lowest BCUT2D eigenvalue weighted by Gasteiger charge is -2.31. The fourth-order valence-corrected chi connectivity index (χ4v) is 3.56. The molecular formula is C15H24N2O3S. The number of para-hydroxylation sites is 2. The molecular weight excluding hydrogens is 288 g/mol. The van der Waals surface area contributed by atoms with Crippen molar-refractivity contribution in [2.45, 2.75) is 19.9 Å². The van der Waals surface area contributed by atoms with Crippen molar-refractivity contribution in [2.24, 2.45) is 0 Å². The number of hydrogen-bond donors (Lipinski definition) is 1. The van der Waals surface area contributed by atoms with E-state index in [4.69, 9.17) is 4.74 Å². The van der Waals surface area contributed by atoms with Crippen molar-refractivity contribution in [3.05, 3.63) is 24.3 Å². The maximum atomic E-state index is 11.7. The minimum absolute atomic E-state index is 0.114. The normalized spacial score (nSPS) is 17.5. The molecule has 1 atom stereocenters. The molecule has 21 heavy (non-hydrogen) atoms. The molecule has 1 heterocycles. The number of sulfone groups is 1. The number of nitrogens with zero attached hydrogens (tertiary/aromatic N) is 1. The van der Waals surface area contributed by atoms with E-state index in [-0.39, 0.29) is 17.5 Å². The summed E-state index contributed by atoms with van der Waals surface area (Å²) in [4.78, 5) is 2.27. The van der Waals surface area contributed by atoms with Gasteiger partial charge in [-0.2, -0.15) is 0 Å². The molecule has 0 radical (unpaired) electrons. The number of benzene rings is 1. The van der Waals surface area contributed by atoms with Crippen LogP contribution in [0.1, 0.15) is 13.8 Å². The average molecular weight is 312 g/mol. The molecule has 1 unspecified atom stereocenters. The van der Waals surface area contributed by atoms with Gasteiger partial charge in [-0.15, -0.1) is 0 Å². The maximum Gasteiger partial charge on any atom is 0.152 e. The molecule has 0 aromatic heterocycles. The fraction of sp³-hybridized carbons (Fsp3) is 0.600. The van der Waals surface area contributed by atoms with E-state index in [0.29, 0.717) is 0 Å². The number of rotatable bonds is 6. The second-order valence-electron chi connectivity index (χ2n) is 5.36. The van der Waals surface area contributed by atoms with Crippen LogP contribution < -0.4 is 10.2 Å². The lowest BCUT2D eigenvalue weighted by Crippen LogP contribution is -2.37. The van der Waals surface area contributed by atoms with Crippen LogP contribution >= 0.6 is 0 Å². The van der Waals surface area contributed by atoms with Gasteiger partial charge in [0.25, 0.3) is 0 Å². The third-order valence-electron chi connectivity index (χ3n) is 3.60. The Labute approximate surface area is 127 Å². The van der Waals surface area contributed by atoms with Crippen molar-refractivity contribution >= 4 is 21.2 Å². The van der Waals surface area contributed by atoms with E-state index in [2.05, 4.69) is 16.3 Å². The van der Waals surface area contributed by atoms with Gasteiger partial charge in [-0.25, -0.2) is 8.42 Å². The monoisotopic (exact) mass is 312 g/mol. The minimum atomic E-state index is -2.97. The quantitative estimate of drug-likeness (QED) is 0.867. The number of hydrogen-bond acceptors (Lipinski definition) is 5. The van der Waals surface area contributed by atoms with Crippen molar-refractivity contribution in [1.29, 1.82) is 0 Å². The van der Waals surface area contributed by atoms with E-state index >= 15 is 0 Å². The molecule has 118 valence electrons. The first kappa shape index (κ1) is 16.1. The van der Waals surface area contributed by atoms with Gasteiger partial charge in [0.2, 0.25) is 0 Å². The predicted octanol–water partition coefficient (Wildman–Crippen LogP) is 1.76. The van der Waals surface area contributed by atoms with E-state index in [1.54, 1.807) is 6.92 Å². The first-order chi connectivity index (χ1) is 10.0. The average Bonchev–Trinajstić information content (AvgIpc) is 2.48. The Hall–Kier alpha value is -1.27. The second-order valence-corrected chi connectivity index (χ2v) is 7.76. The molecule has 0 amide bonds. The molecule has 0 aliphatic carbocycles. The minimum Gasteiger partial charge on any atom is -0.380 e. The summed E-state index contributed by atoms with van der Waals surface area (Å²) in [6, 6.07) is 7.92. The van der Waals surface area contributed by atoms with E-state index in [1.165, 1.54) is 0 Å². The summed E-state index contributed by atoms with van der Waals surface area (Å²) in [6.07, 6.45) is 0. The van der Waals surface area contributed by atoms with Crippen LogP contribution in [0.5, 0.6) is 0 Å². The fourth-order valence-electron chi connectivity index (χ4n) is 2.48. The van der Waals surface area contributed by atoms with E-state index in [9.17, 15) is 8.42 Å². The van der Waals surface area contributed by atoms with Gasteiger partial charge in [-0.1, -0.05) is 19.1 Å². The largest absolute Gasteiger partial charge is 0.380 e. The van der Waals surface area contributed by atoms with Crippen molar-refractivity contribution in [2.75, 3.05) is 48.0 Å². The van der Waals surface area contributed by atoms with Crippen molar-refractivity contribution in [3.63, 3.8) is 0 Å². The molecule has 0 bridgehead atoms. The van der Waals surface area contributed by atoms with Crippen LogP contribution in [0.25, 0.3) is 0 Å². The molecule has 1 fully saturated rings. The first-order valence-corrected chi connectivity index (χ1v) is 9.22. The Morgan fingerprint density at radius 3 is 2.62 bits per heavy atom. The zero-order valence-electron chi connectivity index (χ0n) is 12.7. The zero-order chi connectivity index (χ0) is 15.3. The predicted molar refractivity (Wildman–Crippen MR) is 86.9 cm³/mol. The highest BCUT2D eigenvalue weighted by atomic mass is 32.2. The summed E-state index contributed by atoms with van der Waals surface area (Å²) in [6.45, 7) is 6.77. The van der Waals surface area contributed by atoms with Crippen molar-refractivity contribution < 1.29 is 13.2 Å². The smallest absolute Gasteiger partial charge is 0.152 e. The number of anilines is 2. The number of nitrogens with one attached hydrogen (secondary N) is 1. The third-order valence-corrected chi connectivity index (χ3v) is 5.49. The van der Waals surface area contributed by atoms with Crippen LogP contribution in [0.3, 0.4) is 0 Å². The highest BCUT2D eigenvalue weighted by Gasteiger charge is 2.17. The van der Waals surface area contributed by atoms with Gasteiger partial charge in [0.05, 0.1) is 30.3 Å². The van der Waals surface area contributed by atoms with Crippen LogP contribution in [0.2, 0.25) is 0 Å². The van der Waals surface area contributed by atoms with Crippen LogP contribution in [0.4, 0.5) is 11.4 Å². The van der Waals surface area contributed by atoms with Crippen LogP contribution in [-0.4, -0.2) is 52.3 Å². The highest BCUT2D eigenvalue weighted by Crippen LogP contribution is 2.27. The Bertz CT molecular complexity index is 554. The van der Waals surface area contributed by atoms with Crippen molar-refractivity contribution in [3.8, 4) is 0 Å². The van der Waals surface area contributed by atoms with Gasteiger partial charge in [0.15, 0.2) is 9.84 Å².